The number of carbonyl (C=O) groups excluding carboxylic acids is 2. The second-order valence-corrected chi connectivity index (χ2v) is 7.10. The average molecular weight is 342 g/mol. The Morgan fingerprint density at radius 1 is 1.24 bits per heavy atom. The van der Waals surface area contributed by atoms with Crippen molar-refractivity contribution in [1.29, 1.82) is 0 Å². The van der Waals surface area contributed by atoms with Crippen molar-refractivity contribution < 1.29 is 14.3 Å². The molecule has 25 heavy (non-hydrogen) atoms. The molecule has 0 bridgehead atoms. The second kappa shape index (κ2) is 7.30. The monoisotopic (exact) mass is 342 g/mol. The van der Waals surface area contributed by atoms with Crippen LogP contribution in [0.3, 0.4) is 0 Å². The topological polar surface area (TPSA) is 60.3 Å². The van der Waals surface area contributed by atoms with Crippen molar-refractivity contribution in [3.8, 4) is 0 Å². The molecule has 5 heteroatoms. The standard InChI is InChI=1S/C20H26N2O3/c1-13-8-4-6-10-17(13)21-19(23)14(2)25-20(24)16-12-22(3)18-11-7-5-9-15(16)18/h5,7,9,11-14,17H,4,6,8,10H2,1-3H3,(H,21,23)/t13-,14+,17-/m0/s1. The molecular weight excluding hydrogens is 316 g/mol. The maximum atomic E-state index is 12.5. The molecule has 1 heterocycles. The Hall–Kier alpha value is -2.30. The molecule has 0 spiro atoms. The van der Waals surface area contributed by atoms with Crippen LogP contribution in [0.1, 0.15) is 49.9 Å². The summed E-state index contributed by atoms with van der Waals surface area (Å²) < 4.78 is 7.32. The summed E-state index contributed by atoms with van der Waals surface area (Å²) in [5.41, 5.74) is 1.45. The van der Waals surface area contributed by atoms with Crippen LogP contribution >= 0.6 is 0 Å². The van der Waals surface area contributed by atoms with Crippen molar-refractivity contribution >= 4 is 22.8 Å². The van der Waals surface area contributed by atoms with Crippen molar-refractivity contribution in [3.05, 3.63) is 36.0 Å². The summed E-state index contributed by atoms with van der Waals surface area (Å²) in [7, 11) is 1.89. The molecule has 1 aromatic carbocycles. The van der Waals surface area contributed by atoms with Gasteiger partial charge in [-0.2, -0.15) is 0 Å². The van der Waals surface area contributed by atoms with Gasteiger partial charge in [0.15, 0.2) is 6.10 Å². The normalized spacial score (nSPS) is 21.7. The van der Waals surface area contributed by atoms with E-state index in [1.54, 1.807) is 13.1 Å². The van der Waals surface area contributed by atoms with Gasteiger partial charge in [-0.3, -0.25) is 4.79 Å². The fourth-order valence-corrected chi connectivity index (χ4v) is 3.61. The molecule has 2 aromatic rings. The molecule has 0 saturated heterocycles. The Morgan fingerprint density at radius 3 is 2.72 bits per heavy atom. The van der Waals surface area contributed by atoms with Crippen LogP contribution in [0.2, 0.25) is 0 Å². The Labute approximate surface area is 148 Å². The van der Waals surface area contributed by atoms with Gasteiger partial charge >= 0.3 is 5.97 Å². The van der Waals surface area contributed by atoms with Crippen LogP contribution in [0.15, 0.2) is 30.5 Å². The number of hydrogen-bond acceptors (Lipinski definition) is 3. The predicted molar refractivity (Wildman–Crippen MR) is 97.4 cm³/mol. The number of fused-ring (bicyclic) bond motifs is 1. The minimum atomic E-state index is -0.805. The van der Waals surface area contributed by atoms with Gasteiger partial charge in [0, 0.05) is 30.2 Å². The summed E-state index contributed by atoms with van der Waals surface area (Å²) >= 11 is 0. The third-order valence-corrected chi connectivity index (χ3v) is 5.21. The minimum absolute atomic E-state index is 0.181. The molecule has 0 aliphatic heterocycles. The molecular formula is C20H26N2O3. The number of rotatable bonds is 4. The Bertz CT molecular complexity index is 780. The minimum Gasteiger partial charge on any atom is -0.449 e. The molecule has 1 aliphatic rings. The van der Waals surface area contributed by atoms with Crippen LogP contribution in [0.5, 0.6) is 0 Å². The zero-order chi connectivity index (χ0) is 18.0. The van der Waals surface area contributed by atoms with Crippen LogP contribution in [0.4, 0.5) is 0 Å². The summed E-state index contributed by atoms with van der Waals surface area (Å²) in [5, 5.41) is 3.88. The van der Waals surface area contributed by atoms with Gasteiger partial charge in [-0.05, 0) is 31.7 Å². The van der Waals surface area contributed by atoms with E-state index in [1.165, 1.54) is 6.42 Å². The van der Waals surface area contributed by atoms with E-state index in [-0.39, 0.29) is 11.9 Å². The molecule has 1 aromatic heterocycles. The highest BCUT2D eigenvalue weighted by atomic mass is 16.5. The van der Waals surface area contributed by atoms with E-state index >= 15 is 0 Å². The fraction of sp³-hybridized carbons (Fsp3) is 0.500. The molecule has 1 amide bonds. The lowest BCUT2D eigenvalue weighted by Crippen LogP contribution is -2.45. The summed E-state index contributed by atoms with van der Waals surface area (Å²) in [6.45, 7) is 3.79. The number of benzene rings is 1. The first-order valence-corrected chi connectivity index (χ1v) is 9.03. The first-order valence-electron chi connectivity index (χ1n) is 9.03. The van der Waals surface area contributed by atoms with Gasteiger partial charge in [0.2, 0.25) is 0 Å². The van der Waals surface area contributed by atoms with Crippen LogP contribution in [0, 0.1) is 5.92 Å². The third-order valence-electron chi connectivity index (χ3n) is 5.21. The van der Waals surface area contributed by atoms with E-state index in [9.17, 15) is 9.59 Å². The van der Waals surface area contributed by atoms with Gasteiger partial charge < -0.3 is 14.6 Å². The number of esters is 1. The first-order chi connectivity index (χ1) is 12.0. The number of carbonyl (C=O) groups is 2. The molecule has 3 rings (SSSR count). The van der Waals surface area contributed by atoms with Crippen molar-refractivity contribution in [2.75, 3.05) is 0 Å². The quantitative estimate of drug-likeness (QED) is 0.866. The SMILES string of the molecule is C[C@@H](OC(=O)c1cn(C)c2ccccc12)C(=O)N[C@H]1CCCC[C@@H]1C. The number of aryl methyl sites for hydroxylation is 1. The van der Waals surface area contributed by atoms with Gasteiger partial charge in [-0.15, -0.1) is 0 Å². The molecule has 0 unspecified atom stereocenters. The molecule has 134 valence electrons. The van der Waals surface area contributed by atoms with Gasteiger partial charge in [0.05, 0.1) is 5.56 Å². The highest BCUT2D eigenvalue weighted by Crippen LogP contribution is 2.24. The number of para-hydroxylation sites is 1. The maximum Gasteiger partial charge on any atom is 0.341 e. The summed E-state index contributed by atoms with van der Waals surface area (Å²) in [6.07, 6.45) is 5.44. The number of amides is 1. The molecule has 1 saturated carbocycles. The fourth-order valence-electron chi connectivity index (χ4n) is 3.61. The summed E-state index contributed by atoms with van der Waals surface area (Å²) in [5.74, 6) is -0.206. The Morgan fingerprint density at radius 2 is 1.96 bits per heavy atom. The van der Waals surface area contributed by atoms with Crippen LogP contribution < -0.4 is 5.32 Å². The Kier molecular flexibility index (Phi) is 5.11. The van der Waals surface area contributed by atoms with E-state index in [1.807, 2.05) is 35.9 Å². The van der Waals surface area contributed by atoms with Gasteiger partial charge in [-0.25, -0.2) is 4.79 Å². The molecule has 0 radical (unpaired) electrons. The predicted octanol–water partition coefficient (Wildman–Crippen LogP) is 3.42. The molecule has 1 fully saturated rings. The zero-order valence-electron chi connectivity index (χ0n) is 15.1. The van der Waals surface area contributed by atoms with Crippen LogP contribution in [0.25, 0.3) is 10.9 Å². The van der Waals surface area contributed by atoms with Crippen molar-refractivity contribution in [2.24, 2.45) is 13.0 Å². The van der Waals surface area contributed by atoms with Crippen molar-refractivity contribution in [2.45, 2.75) is 51.7 Å². The molecule has 1 N–H and O–H groups in total. The summed E-state index contributed by atoms with van der Waals surface area (Å²) in [4.78, 5) is 24.9. The highest BCUT2D eigenvalue weighted by Gasteiger charge is 2.27. The molecule has 3 atom stereocenters. The van der Waals surface area contributed by atoms with E-state index in [2.05, 4.69) is 12.2 Å². The largest absolute Gasteiger partial charge is 0.449 e. The van der Waals surface area contributed by atoms with E-state index in [4.69, 9.17) is 4.74 Å². The smallest absolute Gasteiger partial charge is 0.341 e. The lowest BCUT2D eigenvalue weighted by Gasteiger charge is -2.30. The van der Waals surface area contributed by atoms with Gasteiger partial charge in [0.1, 0.15) is 0 Å². The number of nitrogens with zero attached hydrogens (tertiary/aromatic N) is 1. The Balaban J connectivity index is 1.66. The van der Waals surface area contributed by atoms with Crippen molar-refractivity contribution in [1.82, 2.24) is 9.88 Å². The van der Waals surface area contributed by atoms with E-state index < -0.39 is 12.1 Å². The number of ether oxygens (including phenoxy) is 1. The molecule has 5 nitrogen and oxygen atoms in total. The average Bonchev–Trinajstić information content (AvgIpc) is 2.94. The lowest BCUT2D eigenvalue weighted by molar-refractivity contribution is -0.130. The van der Waals surface area contributed by atoms with E-state index in [0.29, 0.717) is 11.5 Å². The number of hydrogen-bond donors (Lipinski definition) is 1. The maximum absolute atomic E-state index is 12.5. The van der Waals surface area contributed by atoms with Gasteiger partial charge in [-0.1, -0.05) is 38.0 Å². The summed E-state index contributed by atoms with van der Waals surface area (Å²) in [6, 6.07) is 7.84. The number of aromatic nitrogens is 1. The van der Waals surface area contributed by atoms with Gasteiger partial charge in [0.25, 0.3) is 5.91 Å². The van der Waals surface area contributed by atoms with Crippen molar-refractivity contribution in [3.63, 3.8) is 0 Å². The molecule has 1 aliphatic carbocycles. The highest BCUT2D eigenvalue weighted by molar-refractivity contribution is 6.05. The number of nitrogens with one attached hydrogen (secondary N) is 1. The van der Waals surface area contributed by atoms with Crippen LogP contribution in [-0.4, -0.2) is 28.6 Å². The second-order valence-electron chi connectivity index (χ2n) is 7.10. The first kappa shape index (κ1) is 17.5. The lowest BCUT2D eigenvalue weighted by atomic mass is 9.86. The van der Waals surface area contributed by atoms with Crippen LogP contribution in [-0.2, 0) is 16.6 Å². The van der Waals surface area contributed by atoms with E-state index in [0.717, 1.165) is 30.2 Å². The zero-order valence-corrected chi connectivity index (χ0v) is 15.1. The third kappa shape index (κ3) is 3.70.